The van der Waals surface area contributed by atoms with Gasteiger partial charge in [0.25, 0.3) is 11.6 Å². The number of rotatable bonds is 10. The number of hydrogen-bond donors (Lipinski definition) is 2. The number of ether oxygens (including phenoxy) is 1. The number of nitrogens with one attached hydrogen (secondary N) is 2. The van der Waals surface area contributed by atoms with Crippen LogP contribution in [0.15, 0.2) is 47.8 Å². The molecular formula is C23H24N4O5S. The maximum atomic E-state index is 12.4. The van der Waals surface area contributed by atoms with Gasteiger partial charge >= 0.3 is 0 Å². The molecule has 0 unspecified atom stereocenters. The second-order valence-electron chi connectivity index (χ2n) is 7.13. The molecule has 0 atom stereocenters. The normalized spacial score (nSPS) is 10.5. The first kappa shape index (κ1) is 23.9. The first-order valence-corrected chi connectivity index (χ1v) is 11.3. The zero-order chi connectivity index (χ0) is 23.8. The van der Waals surface area contributed by atoms with E-state index in [1.165, 1.54) is 17.4 Å². The van der Waals surface area contributed by atoms with Gasteiger partial charge in [-0.1, -0.05) is 24.3 Å². The number of carbonyl (C=O) groups excluding carboxylic acids is 2. The molecule has 0 saturated heterocycles. The van der Waals surface area contributed by atoms with Crippen LogP contribution in [0.1, 0.15) is 35.7 Å². The third-order valence-corrected chi connectivity index (χ3v) is 5.51. The summed E-state index contributed by atoms with van der Waals surface area (Å²) in [5, 5.41) is 18.8. The SMILES string of the molecule is CCOc1ccccc1C(=O)NCCCC(=O)Nc1nc(-c2ccc(C)c([N+](=O)[O-])c2)cs1. The van der Waals surface area contributed by atoms with Crippen molar-refractivity contribution in [1.82, 2.24) is 10.3 Å². The summed E-state index contributed by atoms with van der Waals surface area (Å²) >= 11 is 1.24. The molecular weight excluding hydrogens is 444 g/mol. The summed E-state index contributed by atoms with van der Waals surface area (Å²) in [6.45, 7) is 4.32. The van der Waals surface area contributed by atoms with Gasteiger partial charge in [-0.3, -0.25) is 19.7 Å². The smallest absolute Gasteiger partial charge is 0.272 e. The van der Waals surface area contributed by atoms with Crippen molar-refractivity contribution in [3.63, 3.8) is 0 Å². The van der Waals surface area contributed by atoms with Gasteiger partial charge in [0.15, 0.2) is 5.13 Å². The van der Waals surface area contributed by atoms with Crippen molar-refractivity contribution in [2.45, 2.75) is 26.7 Å². The quantitative estimate of drug-likeness (QED) is 0.255. The fourth-order valence-electron chi connectivity index (χ4n) is 3.09. The summed E-state index contributed by atoms with van der Waals surface area (Å²) in [6.07, 6.45) is 0.662. The monoisotopic (exact) mass is 468 g/mol. The predicted octanol–water partition coefficient (Wildman–Crippen LogP) is 4.57. The topological polar surface area (TPSA) is 123 Å². The van der Waals surface area contributed by atoms with Gasteiger partial charge < -0.3 is 15.4 Å². The third kappa shape index (κ3) is 6.36. The molecule has 0 bridgehead atoms. The zero-order valence-corrected chi connectivity index (χ0v) is 19.1. The lowest BCUT2D eigenvalue weighted by Gasteiger charge is -2.10. The molecule has 172 valence electrons. The number of carbonyl (C=O) groups is 2. The van der Waals surface area contributed by atoms with Crippen LogP contribution in [0, 0.1) is 17.0 Å². The number of para-hydroxylation sites is 1. The second-order valence-corrected chi connectivity index (χ2v) is 7.99. The van der Waals surface area contributed by atoms with E-state index in [-0.39, 0.29) is 23.9 Å². The summed E-state index contributed by atoms with van der Waals surface area (Å²) < 4.78 is 5.46. The molecule has 10 heteroatoms. The average Bonchev–Trinajstić information content (AvgIpc) is 3.25. The first-order valence-electron chi connectivity index (χ1n) is 10.4. The van der Waals surface area contributed by atoms with Crippen LogP contribution in [0.5, 0.6) is 5.75 Å². The van der Waals surface area contributed by atoms with Gasteiger partial charge in [0, 0.05) is 35.5 Å². The van der Waals surface area contributed by atoms with Crippen molar-refractivity contribution >= 4 is 34.0 Å². The molecule has 0 aliphatic heterocycles. The Morgan fingerprint density at radius 1 is 1.21 bits per heavy atom. The number of nitro benzene ring substituents is 1. The Bertz CT molecular complexity index is 1160. The van der Waals surface area contributed by atoms with Crippen molar-refractivity contribution in [2.75, 3.05) is 18.5 Å². The van der Waals surface area contributed by atoms with E-state index >= 15 is 0 Å². The largest absolute Gasteiger partial charge is 0.493 e. The standard InChI is InChI=1S/C23H24N4O5S/c1-3-32-20-8-5-4-7-17(20)22(29)24-12-6-9-21(28)26-23-25-18(14-33-23)16-11-10-15(2)19(13-16)27(30)31/h4-5,7-8,10-11,13-14H,3,6,9,12H2,1-2H3,(H,24,29)(H,25,26,28). The minimum atomic E-state index is -0.428. The van der Waals surface area contributed by atoms with E-state index in [2.05, 4.69) is 15.6 Å². The molecule has 0 aliphatic carbocycles. The van der Waals surface area contributed by atoms with Crippen LogP contribution >= 0.6 is 11.3 Å². The minimum Gasteiger partial charge on any atom is -0.493 e. The Kier molecular flexibility index (Phi) is 8.09. The Morgan fingerprint density at radius 2 is 2.00 bits per heavy atom. The van der Waals surface area contributed by atoms with E-state index in [9.17, 15) is 19.7 Å². The molecule has 0 radical (unpaired) electrons. The summed E-state index contributed by atoms with van der Waals surface area (Å²) in [4.78, 5) is 39.7. The lowest BCUT2D eigenvalue weighted by Crippen LogP contribution is -2.26. The number of nitro groups is 1. The molecule has 2 amide bonds. The highest BCUT2D eigenvalue weighted by molar-refractivity contribution is 7.14. The minimum absolute atomic E-state index is 0.0250. The number of hydrogen-bond acceptors (Lipinski definition) is 7. The predicted molar refractivity (Wildman–Crippen MR) is 127 cm³/mol. The fraction of sp³-hybridized carbons (Fsp3) is 0.261. The van der Waals surface area contributed by atoms with Crippen LogP contribution in [0.25, 0.3) is 11.3 Å². The van der Waals surface area contributed by atoms with E-state index in [0.717, 1.165) is 0 Å². The van der Waals surface area contributed by atoms with Crippen molar-refractivity contribution in [3.8, 4) is 17.0 Å². The van der Waals surface area contributed by atoms with E-state index in [1.54, 1.807) is 48.7 Å². The number of amides is 2. The third-order valence-electron chi connectivity index (χ3n) is 4.75. The molecule has 3 rings (SSSR count). The molecule has 9 nitrogen and oxygen atoms in total. The van der Waals surface area contributed by atoms with Crippen LogP contribution in [-0.2, 0) is 4.79 Å². The Labute approximate surface area is 195 Å². The van der Waals surface area contributed by atoms with Gasteiger partial charge in [-0.25, -0.2) is 4.98 Å². The van der Waals surface area contributed by atoms with Crippen LogP contribution in [0.2, 0.25) is 0 Å². The van der Waals surface area contributed by atoms with Gasteiger partial charge in [0.1, 0.15) is 5.75 Å². The number of thiazole rings is 1. The molecule has 2 aromatic carbocycles. The second kappa shape index (κ2) is 11.2. The maximum absolute atomic E-state index is 12.4. The van der Waals surface area contributed by atoms with Crippen molar-refractivity contribution in [3.05, 3.63) is 69.1 Å². The van der Waals surface area contributed by atoms with Gasteiger partial charge in [-0.15, -0.1) is 11.3 Å². The number of nitrogens with zero attached hydrogens (tertiary/aromatic N) is 2. The highest BCUT2D eigenvalue weighted by Gasteiger charge is 2.15. The van der Waals surface area contributed by atoms with Crippen LogP contribution in [-0.4, -0.2) is 34.9 Å². The molecule has 0 aliphatic rings. The van der Waals surface area contributed by atoms with Crippen molar-refractivity contribution in [2.24, 2.45) is 0 Å². The van der Waals surface area contributed by atoms with E-state index in [1.807, 2.05) is 6.92 Å². The molecule has 0 spiro atoms. The summed E-state index contributed by atoms with van der Waals surface area (Å²) in [6, 6.07) is 11.9. The molecule has 0 fully saturated rings. The van der Waals surface area contributed by atoms with E-state index in [0.29, 0.717) is 52.8 Å². The maximum Gasteiger partial charge on any atom is 0.272 e. The van der Waals surface area contributed by atoms with Crippen LogP contribution in [0.4, 0.5) is 10.8 Å². The first-order chi connectivity index (χ1) is 15.9. The highest BCUT2D eigenvalue weighted by atomic mass is 32.1. The summed E-state index contributed by atoms with van der Waals surface area (Å²) in [5.74, 6) is 0.0414. The molecule has 1 aromatic heterocycles. The average molecular weight is 469 g/mol. The Balaban J connectivity index is 1.49. The van der Waals surface area contributed by atoms with Crippen LogP contribution < -0.4 is 15.4 Å². The number of aryl methyl sites for hydroxylation is 1. The van der Waals surface area contributed by atoms with Crippen molar-refractivity contribution < 1.29 is 19.2 Å². The Hall–Kier alpha value is -3.79. The summed E-state index contributed by atoms with van der Waals surface area (Å²) in [7, 11) is 0. The van der Waals surface area contributed by atoms with Gasteiger partial charge in [0.2, 0.25) is 5.91 Å². The molecule has 1 heterocycles. The van der Waals surface area contributed by atoms with E-state index in [4.69, 9.17) is 4.74 Å². The highest BCUT2D eigenvalue weighted by Crippen LogP contribution is 2.29. The zero-order valence-electron chi connectivity index (χ0n) is 18.3. The van der Waals surface area contributed by atoms with Gasteiger partial charge in [-0.2, -0.15) is 0 Å². The molecule has 2 N–H and O–H groups in total. The number of anilines is 1. The van der Waals surface area contributed by atoms with E-state index < -0.39 is 4.92 Å². The lowest BCUT2D eigenvalue weighted by molar-refractivity contribution is -0.385. The fourth-order valence-corrected chi connectivity index (χ4v) is 3.83. The van der Waals surface area contributed by atoms with Gasteiger partial charge in [-0.05, 0) is 32.4 Å². The Morgan fingerprint density at radius 3 is 2.76 bits per heavy atom. The molecule has 0 saturated carbocycles. The molecule has 33 heavy (non-hydrogen) atoms. The van der Waals surface area contributed by atoms with Gasteiger partial charge in [0.05, 0.1) is 22.8 Å². The van der Waals surface area contributed by atoms with Crippen LogP contribution in [0.3, 0.4) is 0 Å². The van der Waals surface area contributed by atoms with Crippen molar-refractivity contribution in [1.29, 1.82) is 0 Å². The summed E-state index contributed by atoms with van der Waals surface area (Å²) in [5.41, 5.74) is 2.21. The molecule has 3 aromatic rings. The lowest BCUT2D eigenvalue weighted by atomic mass is 10.1. The number of aromatic nitrogens is 1. The number of benzene rings is 2.